The lowest BCUT2D eigenvalue weighted by atomic mass is 10.1. The zero-order chi connectivity index (χ0) is 21.8. The van der Waals surface area contributed by atoms with Gasteiger partial charge in [-0.15, -0.1) is 0 Å². The summed E-state index contributed by atoms with van der Waals surface area (Å²) in [6.45, 7) is 3.54. The number of ketones is 1. The lowest BCUT2D eigenvalue weighted by molar-refractivity contribution is -0.384. The maximum atomic E-state index is 12.9. The van der Waals surface area contributed by atoms with Crippen LogP contribution in [0.1, 0.15) is 27.3 Å². The first-order valence-electron chi connectivity index (χ1n) is 9.11. The Morgan fingerprint density at radius 2 is 1.80 bits per heavy atom. The molecule has 0 aliphatic rings. The van der Waals surface area contributed by atoms with E-state index in [4.69, 9.17) is 9.47 Å². The predicted octanol–water partition coefficient (Wildman–Crippen LogP) is 4.31. The molecule has 0 fully saturated rings. The number of ether oxygens (including phenoxy) is 2. The molecule has 0 aliphatic heterocycles. The summed E-state index contributed by atoms with van der Waals surface area (Å²) in [6, 6.07) is 11.4. The van der Waals surface area contributed by atoms with Gasteiger partial charge in [-0.2, -0.15) is 5.10 Å². The molecule has 0 amide bonds. The van der Waals surface area contributed by atoms with Gasteiger partial charge in [-0.05, 0) is 50.3 Å². The van der Waals surface area contributed by atoms with Gasteiger partial charge in [0.05, 0.1) is 41.8 Å². The summed E-state index contributed by atoms with van der Waals surface area (Å²) < 4.78 is 12.1. The van der Waals surface area contributed by atoms with Crippen LogP contribution in [-0.4, -0.2) is 34.7 Å². The van der Waals surface area contributed by atoms with Gasteiger partial charge in [0.2, 0.25) is 0 Å². The van der Waals surface area contributed by atoms with Crippen molar-refractivity contribution in [2.24, 2.45) is 0 Å². The Morgan fingerprint density at radius 1 is 1.10 bits per heavy atom. The van der Waals surface area contributed by atoms with Crippen molar-refractivity contribution in [2.75, 3.05) is 14.2 Å². The molecule has 0 spiro atoms. The quantitative estimate of drug-likeness (QED) is 0.251. The highest BCUT2D eigenvalue weighted by Gasteiger charge is 2.18. The average Bonchev–Trinajstić information content (AvgIpc) is 3.05. The number of allylic oxidation sites excluding steroid dienone is 1. The number of non-ortho nitro benzene ring substituents is 1. The molecule has 1 heterocycles. The predicted molar refractivity (Wildman–Crippen MR) is 113 cm³/mol. The molecule has 0 saturated carbocycles. The van der Waals surface area contributed by atoms with Gasteiger partial charge >= 0.3 is 0 Å². The fourth-order valence-corrected chi connectivity index (χ4v) is 3.17. The lowest BCUT2D eigenvalue weighted by Crippen LogP contribution is -2.02. The summed E-state index contributed by atoms with van der Waals surface area (Å²) in [4.78, 5) is 23.3. The Labute approximate surface area is 173 Å². The SMILES string of the molecule is COc1ccc(C=CC(=O)c2c(C)nn(-c3ccc([N+](=O)[O-])cc3)c2C)c(OC)c1. The van der Waals surface area contributed by atoms with Crippen LogP contribution in [0.2, 0.25) is 0 Å². The highest BCUT2D eigenvalue weighted by atomic mass is 16.6. The molecule has 2 aromatic carbocycles. The number of nitro benzene ring substituents is 1. The van der Waals surface area contributed by atoms with Crippen LogP contribution in [-0.2, 0) is 0 Å². The maximum Gasteiger partial charge on any atom is 0.269 e. The summed E-state index contributed by atoms with van der Waals surface area (Å²) in [5.41, 5.74) is 3.08. The third-order valence-electron chi connectivity index (χ3n) is 4.70. The zero-order valence-electron chi connectivity index (χ0n) is 17.1. The van der Waals surface area contributed by atoms with Crippen molar-refractivity contribution in [1.29, 1.82) is 0 Å². The number of carbonyl (C=O) groups excluding carboxylic acids is 1. The smallest absolute Gasteiger partial charge is 0.269 e. The third kappa shape index (κ3) is 4.07. The van der Waals surface area contributed by atoms with Crippen LogP contribution >= 0.6 is 0 Å². The van der Waals surface area contributed by atoms with Crippen molar-refractivity contribution in [3.05, 3.63) is 81.2 Å². The van der Waals surface area contributed by atoms with E-state index >= 15 is 0 Å². The molecule has 3 aromatic rings. The number of benzene rings is 2. The van der Waals surface area contributed by atoms with E-state index in [-0.39, 0.29) is 11.5 Å². The largest absolute Gasteiger partial charge is 0.497 e. The highest BCUT2D eigenvalue weighted by Crippen LogP contribution is 2.26. The summed E-state index contributed by atoms with van der Waals surface area (Å²) >= 11 is 0. The van der Waals surface area contributed by atoms with E-state index in [0.717, 1.165) is 5.56 Å². The van der Waals surface area contributed by atoms with Gasteiger partial charge in [0.15, 0.2) is 5.78 Å². The number of methoxy groups -OCH3 is 2. The topological polar surface area (TPSA) is 96.5 Å². The van der Waals surface area contributed by atoms with Crippen LogP contribution in [0.15, 0.2) is 48.5 Å². The van der Waals surface area contributed by atoms with Gasteiger partial charge in [-0.3, -0.25) is 14.9 Å². The third-order valence-corrected chi connectivity index (χ3v) is 4.70. The van der Waals surface area contributed by atoms with Gasteiger partial charge in [0, 0.05) is 23.8 Å². The van der Waals surface area contributed by atoms with Gasteiger partial charge in [-0.25, -0.2) is 4.68 Å². The van der Waals surface area contributed by atoms with Crippen molar-refractivity contribution in [1.82, 2.24) is 9.78 Å². The van der Waals surface area contributed by atoms with E-state index in [1.54, 1.807) is 63.1 Å². The van der Waals surface area contributed by atoms with Crippen molar-refractivity contribution < 1.29 is 19.2 Å². The molecule has 0 atom stereocenters. The first-order chi connectivity index (χ1) is 14.3. The van der Waals surface area contributed by atoms with E-state index in [1.807, 2.05) is 6.07 Å². The number of nitro groups is 1. The molecule has 3 rings (SSSR count). The monoisotopic (exact) mass is 407 g/mol. The molecule has 30 heavy (non-hydrogen) atoms. The zero-order valence-corrected chi connectivity index (χ0v) is 17.1. The van der Waals surface area contributed by atoms with Crippen LogP contribution in [0.25, 0.3) is 11.8 Å². The van der Waals surface area contributed by atoms with E-state index in [0.29, 0.717) is 34.1 Å². The summed E-state index contributed by atoms with van der Waals surface area (Å²) in [5.74, 6) is 1.05. The minimum atomic E-state index is -0.460. The second-order valence-electron chi connectivity index (χ2n) is 6.54. The normalized spacial score (nSPS) is 10.9. The number of nitrogens with zero attached hydrogens (tertiary/aromatic N) is 3. The molecule has 8 heteroatoms. The Balaban J connectivity index is 1.90. The number of carbonyl (C=O) groups is 1. The van der Waals surface area contributed by atoms with E-state index in [1.165, 1.54) is 18.2 Å². The van der Waals surface area contributed by atoms with Gasteiger partial charge in [0.25, 0.3) is 5.69 Å². The van der Waals surface area contributed by atoms with Gasteiger partial charge < -0.3 is 9.47 Å². The second kappa shape index (κ2) is 8.60. The Morgan fingerprint density at radius 3 is 2.40 bits per heavy atom. The maximum absolute atomic E-state index is 12.9. The Bertz CT molecular complexity index is 1130. The van der Waals surface area contributed by atoms with Crippen molar-refractivity contribution in [3.8, 4) is 17.2 Å². The molecule has 154 valence electrons. The van der Waals surface area contributed by atoms with Crippen LogP contribution in [0.3, 0.4) is 0 Å². The summed E-state index contributed by atoms with van der Waals surface area (Å²) in [7, 11) is 3.12. The molecule has 0 saturated heterocycles. The minimum absolute atomic E-state index is 0.00652. The van der Waals surface area contributed by atoms with Crippen molar-refractivity contribution >= 4 is 17.5 Å². The van der Waals surface area contributed by atoms with Gasteiger partial charge in [-0.1, -0.05) is 0 Å². The number of hydrogen-bond acceptors (Lipinski definition) is 6. The van der Waals surface area contributed by atoms with E-state index < -0.39 is 4.92 Å². The first kappa shape index (κ1) is 20.8. The molecular weight excluding hydrogens is 386 g/mol. The Hall–Kier alpha value is -3.94. The van der Waals surface area contributed by atoms with Crippen molar-refractivity contribution in [2.45, 2.75) is 13.8 Å². The number of aryl methyl sites for hydroxylation is 1. The molecule has 0 bridgehead atoms. The molecular formula is C22H21N3O5. The fourth-order valence-electron chi connectivity index (χ4n) is 3.17. The molecule has 0 N–H and O–H groups in total. The van der Waals surface area contributed by atoms with Crippen LogP contribution in [0.4, 0.5) is 5.69 Å². The second-order valence-corrected chi connectivity index (χ2v) is 6.54. The Kier molecular flexibility index (Phi) is 5.96. The number of aromatic nitrogens is 2. The molecule has 0 unspecified atom stereocenters. The van der Waals surface area contributed by atoms with Crippen LogP contribution < -0.4 is 9.47 Å². The van der Waals surface area contributed by atoms with Crippen LogP contribution in [0, 0.1) is 24.0 Å². The highest BCUT2D eigenvalue weighted by molar-refractivity contribution is 6.08. The minimum Gasteiger partial charge on any atom is -0.497 e. The lowest BCUT2D eigenvalue weighted by Gasteiger charge is -2.07. The molecule has 0 radical (unpaired) electrons. The summed E-state index contributed by atoms with van der Waals surface area (Å²) in [5, 5.41) is 15.3. The number of hydrogen-bond donors (Lipinski definition) is 0. The van der Waals surface area contributed by atoms with Crippen molar-refractivity contribution in [3.63, 3.8) is 0 Å². The van der Waals surface area contributed by atoms with Crippen LogP contribution in [0.5, 0.6) is 11.5 Å². The van der Waals surface area contributed by atoms with Gasteiger partial charge in [0.1, 0.15) is 11.5 Å². The molecule has 8 nitrogen and oxygen atoms in total. The average molecular weight is 407 g/mol. The van der Waals surface area contributed by atoms with E-state index in [2.05, 4.69) is 5.10 Å². The number of rotatable bonds is 7. The van der Waals surface area contributed by atoms with E-state index in [9.17, 15) is 14.9 Å². The first-order valence-corrected chi connectivity index (χ1v) is 9.11. The summed E-state index contributed by atoms with van der Waals surface area (Å²) in [6.07, 6.45) is 3.16. The molecule has 0 aliphatic carbocycles. The standard InChI is InChI=1S/C22H21N3O5/c1-14-22(15(2)24(23-14)17-7-9-18(10-8-17)25(27)28)20(26)12-6-16-5-11-19(29-3)13-21(16)30-4/h5-13H,1-4H3. The fraction of sp³-hybridized carbons (Fsp3) is 0.182. The molecule has 1 aromatic heterocycles.